The van der Waals surface area contributed by atoms with Crippen LogP contribution in [0.25, 0.3) is 0 Å². The van der Waals surface area contributed by atoms with Crippen LogP contribution in [0.1, 0.15) is 77.2 Å². The smallest absolute Gasteiger partial charge is 0.324 e. The highest BCUT2D eigenvalue weighted by Gasteiger charge is 2.45. The summed E-state index contributed by atoms with van der Waals surface area (Å²) in [6, 6.07) is 8.39. The van der Waals surface area contributed by atoms with Crippen LogP contribution in [0.3, 0.4) is 0 Å². The minimum atomic E-state index is -0.722. The standard InChI is InChI=1S/C25H37N3O3/c1-24(2)22(29)27-23(30)28(24)16-7-5-3-4-6-15-26-25(13-14-25)20-9-8-10-21(17-20)31-18-19-11-12-19/h8-10,17,19,26H,3-7,11-16,18H2,1-2H3,(H,27,29,30). The van der Waals surface area contributed by atoms with Crippen molar-refractivity contribution in [2.75, 3.05) is 19.7 Å². The summed E-state index contributed by atoms with van der Waals surface area (Å²) < 4.78 is 5.96. The average Bonchev–Trinajstić information content (AvgIpc) is 3.66. The second-order valence-electron chi connectivity index (χ2n) is 10.0. The number of imide groups is 1. The first kappa shape index (κ1) is 22.1. The van der Waals surface area contributed by atoms with E-state index in [4.69, 9.17) is 4.74 Å². The van der Waals surface area contributed by atoms with Crippen molar-refractivity contribution in [3.8, 4) is 5.75 Å². The Morgan fingerprint density at radius 2 is 1.84 bits per heavy atom. The Morgan fingerprint density at radius 3 is 2.52 bits per heavy atom. The zero-order valence-electron chi connectivity index (χ0n) is 19.0. The lowest BCUT2D eigenvalue weighted by Crippen LogP contribution is -2.44. The number of amides is 3. The number of hydrogen-bond donors (Lipinski definition) is 2. The Hall–Kier alpha value is -2.08. The Balaban J connectivity index is 1.10. The first-order valence-corrected chi connectivity index (χ1v) is 12.0. The molecular formula is C25H37N3O3. The van der Waals surface area contributed by atoms with Crippen molar-refractivity contribution < 1.29 is 14.3 Å². The molecule has 2 aliphatic carbocycles. The third-order valence-corrected chi connectivity index (χ3v) is 7.04. The highest BCUT2D eigenvalue weighted by molar-refractivity contribution is 6.06. The molecule has 2 saturated carbocycles. The Labute approximate surface area is 186 Å². The van der Waals surface area contributed by atoms with E-state index in [0.29, 0.717) is 6.54 Å². The third-order valence-electron chi connectivity index (χ3n) is 7.04. The Bertz CT molecular complexity index is 799. The third kappa shape index (κ3) is 5.40. The van der Waals surface area contributed by atoms with Gasteiger partial charge in [0.05, 0.1) is 6.61 Å². The van der Waals surface area contributed by atoms with Gasteiger partial charge in [0.25, 0.3) is 5.91 Å². The highest BCUT2D eigenvalue weighted by Crippen LogP contribution is 2.46. The number of urea groups is 1. The Morgan fingerprint density at radius 1 is 1.10 bits per heavy atom. The average molecular weight is 428 g/mol. The Kier molecular flexibility index (Phi) is 6.56. The lowest BCUT2D eigenvalue weighted by atomic mass is 10.0. The molecule has 0 bridgehead atoms. The molecular weight excluding hydrogens is 390 g/mol. The van der Waals surface area contributed by atoms with Crippen LogP contribution in [-0.2, 0) is 10.3 Å². The molecule has 0 unspecified atom stereocenters. The van der Waals surface area contributed by atoms with Crippen LogP contribution in [0.5, 0.6) is 5.75 Å². The monoisotopic (exact) mass is 427 g/mol. The molecule has 170 valence electrons. The molecule has 3 amide bonds. The predicted molar refractivity (Wildman–Crippen MR) is 121 cm³/mol. The summed E-state index contributed by atoms with van der Waals surface area (Å²) >= 11 is 0. The maximum atomic E-state index is 11.9. The van der Waals surface area contributed by atoms with Gasteiger partial charge in [0.2, 0.25) is 0 Å². The zero-order valence-corrected chi connectivity index (χ0v) is 19.0. The summed E-state index contributed by atoms with van der Waals surface area (Å²) in [5.41, 5.74) is 0.793. The first-order valence-electron chi connectivity index (χ1n) is 12.0. The predicted octanol–water partition coefficient (Wildman–Crippen LogP) is 4.34. The van der Waals surface area contributed by atoms with Crippen molar-refractivity contribution in [1.82, 2.24) is 15.5 Å². The van der Waals surface area contributed by atoms with E-state index in [1.54, 1.807) is 4.90 Å². The number of hydrogen-bond acceptors (Lipinski definition) is 4. The van der Waals surface area contributed by atoms with E-state index in [0.717, 1.165) is 50.5 Å². The summed E-state index contributed by atoms with van der Waals surface area (Å²) in [4.78, 5) is 25.4. The van der Waals surface area contributed by atoms with E-state index in [1.165, 1.54) is 37.7 Å². The number of benzene rings is 1. The molecule has 0 atom stereocenters. The molecule has 3 fully saturated rings. The molecule has 1 aliphatic heterocycles. The normalized spacial score (nSPS) is 21.3. The van der Waals surface area contributed by atoms with Gasteiger partial charge in [0.1, 0.15) is 11.3 Å². The van der Waals surface area contributed by atoms with E-state index in [-0.39, 0.29) is 17.5 Å². The van der Waals surface area contributed by atoms with Crippen LogP contribution >= 0.6 is 0 Å². The van der Waals surface area contributed by atoms with E-state index < -0.39 is 5.54 Å². The van der Waals surface area contributed by atoms with E-state index in [2.05, 4.69) is 34.9 Å². The van der Waals surface area contributed by atoms with Crippen LogP contribution in [0.2, 0.25) is 0 Å². The van der Waals surface area contributed by atoms with Gasteiger partial charge in [0, 0.05) is 12.1 Å². The summed E-state index contributed by atoms with van der Waals surface area (Å²) in [5.74, 6) is 1.59. The van der Waals surface area contributed by atoms with Crippen molar-refractivity contribution in [3.63, 3.8) is 0 Å². The summed E-state index contributed by atoms with van der Waals surface area (Å²) in [5, 5.41) is 6.20. The van der Waals surface area contributed by atoms with Gasteiger partial charge in [-0.1, -0.05) is 31.4 Å². The minimum absolute atomic E-state index is 0.153. The van der Waals surface area contributed by atoms with Gasteiger partial charge in [-0.2, -0.15) is 0 Å². The molecule has 4 rings (SSSR count). The first-order chi connectivity index (χ1) is 14.9. The van der Waals surface area contributed by atoms with E-state index >= 15 is 0 Å². The van der Waals surface area contributed by atoms with Gasteiger partial charge >= 0.3 is 6.03 Å². The molecule has 0 spiro atoms. The summed E-state index contributed by atoms with van der Waals surface area (Å²) in [7, 11) is 0. The molecule has 6 nitrogen and oxygen atoms in total. The topological polar surface area (TPSA) is 70.7 Å². The fourth-order valence-electron chi connectivity index (χ4n) is 4.40. The van der Waals surface area contributed by atoms with Gasteiger partial charge in [0.15, 0.2) is 0 Å². The van der Waals surface area contributed by atoms with Crippen molar-refractivity contribution in [2.24, 2.45) is 5.92 Å². The number of carbonyl (C=O) groups is 2. The van der Waals surface area contributed by atoms with Crippen molar-refractivity contribution in [2.45, 2.75) is 82.7 Å². The van der Waals surface area contributed by atoms with Crippen molar-refractivity contribution in [1.29, 1.82) is 0 Å². The summed E-state index contributed by atoms with van der Waals surface area (Å²) in [6.07, 6.45) is 10.6. The quantitative estimate of drug-likeness (QED) is 0.363. The maximum Gasteiger partial charge on any atom is 0.324 e. The molecule has 1 aromatic rings. The van der Waals surface area contributed by atoms with Crippen molar-refractivity contribution in [3.05, 3.63) is 29.8 Å². The largest absolute Gasteiger partial charge is 0.493 e. The molecule has 2 N–H and O–H groups in total. The maximum absolute atomic E-state index is 11.9. The van der Waals surface area contributed by atoms with E-state index in [9.17, 15) is 9.59 Å². The number of nitrogens with zero attached hydrogens (tertiary/aromatic N) is 1. The van der Waals surface area contributed by atoms with Gasteiger partial charge in [-0.05, 0) is 82.5 Å². The molecule has 1 saturated heterocycles. The molecule has 1 aromatic carbocycles. The van der Waals surface area contributed by atoms with Crippen molar-refractivity contribution >= 4 is 11.9 Å². The van der Waals surface area contributed by atoms with Crippen LogP contribution < -0.4 is 15.4 Å². The second-order valence-corrected chi connectivity index (χ2v) is 10.0. The molecule has 3 aliphatic rings. The van der Waals surface area contributed by atoms with Crippen LogP contribution in [0, 0.1) is 5.92 Å². The van der Waals surface area contributed by atoms with Crippen LogP contribution in [-0.4, -0.2) is 42.1 Å². The molecule has 0 radical (unpaired) electrons. The van der Waals surface area contributed by atoms with Gasteiger partial charge in [-0.25, -0.2) is 4.79 Å². The van der Waals surface area contributed by atoms with Gasteiger partial charge in [-0.3, -0.25) is 10.1 Å². The highest BCUT2D eigenvalue weighted by atomic mass is 16.5. The molecule has 0 aromatic heterocycles. The number of ether oxygens (including phenoxy) is 1. The zero-order chi connectivity index (χ0) is 21.9. The number of unbranched alkanes of at least 4 members (excludes halogenated alkanes) is 4. The second kappa shape index (κ2) is 9.19. The number of nitrogens with one attached hydrogen (secondary N) is 2. The summed E-state index contributed by atoms with van der Waals surface area (Å²) in [6.45, 7) is 6.15. The lowest BCUT2D eigenvalue weighted by molar-refractivity contribution is -0.125. The minimum Gasteiger partial charge on any atom is -0.493 e. The fourth-order valence-corrected chi connectivity index (χ4v) is 4.40. The number of carbonyl (C=O) groups excluding carboxylic acids is 2. The van der Waals surface area contributed by atoms with E-state index in [1.807, 2.05) is 13.8 Å². The SMILES string of the molecule is CC1(C)C(=O)NC(=O)N1CCCCCCCNC1(c2cccc(OCC3CC3)c2)CC1. The van der Waals surface area contributed by atoms with Crippen LogP contribution in [0.4, 0.5) is 4.79 Å². The molecule has 1 heterocycles. The fraction of sp³-hybridized carbons (Fsp3) is 0.680. The molecule has 31 heavy (non-hydrogen) atoms. The van der Waals surface area contributed by atoms with Gasteiger partial charge in [-0.15, -0.1) is 0 Å². The number of rotatable bonds is 13. The molecule has 6 heteroatoms. The van der Waals surface area contributed by atoms with Crippen LogP contribution in [0.15, 0.2) is 24.3 Å². The lowest BCUT2D eigenvalue weighted by Gasteiger charge is -2.27. The van der Waals surface area contributed by atoms with Gasteiger partial charge < -0.3 is 15.0 Å².